The van der Waals surface area contributed by atoms with Crippen molar-refractivity contribution in [1.29, 1.82) is 0 Å². The zero-order chi connectivity index (χ0) is 24.4. The van der Waals surface area contributed by atoms with Crippen molar-refractivity contribution in [1.82, 2.24) is 0 Å². The molecule has 0 radical (unpaired) electrons. The van der Waals surface area contributed by atoms with E-state index in [0.29, 0.717) is 17.4 Å². The number of aromatic hydroxyl groups is 1. The minimum Gasteiger partial charge on any atom is -0.507 e. The van der Waals surface area contributed by atoms with Crippen LogP contribution in [0.2, 0.25) is 0 Å². The molecule has 35 heavy (non-hydrogen) atoms. The lowest BCUT2D eigenvalue weighted by atomic mass is 9.81. The fraction of sp³-hybridized carbons (Fsp3) is 0.167. The molecule has 0 fully saturated rings. The third kappa shape index (κ3) is 4.62. The van der Waals surface area contributed by atoms with Gasteiger partial charge in [-0.2, -0.15) is 0 Å². The molecule has 1 aliphatic rings. The highest BCUT2D eigenvalue weighted by molar-refractivity contribution is 9.10. The summed E-state index contributed by atoms with van der Waals surface area (Å²) in [5, 5.41) is 23.0. The van der Waals surface area contributed by atoms with Crippen molar-refractivity contribution in [2.24, 2.45) is 0 Å². The minimum atomic E-state index is -0.845. The Hall–Kier alpha value is -3.41. The van der Waals surface area contributed by atoms with Crippen LogP contribution < -0.4 is 5.63 Å². The molecule has 3 unspecified atom stereocenters. The Labute approximate surface area is 212 Å². The van der Waals surface area contributed by atoms with Crippen molar-refractivity contribution in [2.45, 2.75) is 29.2 Å². The molecule has 0 bridgehead atoms. The van der Waals surface area contributed by atoms with Gasteiger partial charge in [-0.15, -0.1) is 0 Å². The zero-order valence-corrected chi connectivity index (χ0v) is 20.6. The lowest BCUT2D eigenvalue weighted by molar-refractivity contribution is 0.134. The van der Waals surface area contributed by atoms with Crippen LogP contribution in [0.3, 0.4) is 0 Å². The topological polar surface area (TPSA) is 70.7 Å². The average Bonchev–Trinajstić information content (AvgIpc) is 2.89. The summed E-state index contributed by atoms with van der Waals surface area (Å²) >= 11 is 3.77. The van der Waals surface area contributed by atoms with E-state index in [1.54, 1.807) is 24.3 Å². The molecule has 1 heterocycles. The lowest BCUT2D eigenvalue weighted by Gasteiger charge is -2.33. The van der Waals surface area contributed by atoms with E-state index in [4.69, 9.17) is 4.42 Å². The molecule has 0 saturated heterocycles. The molecule has 2 N–H and O–H groups in total. The second-order valence-electron chi connectivity index (χ2n) is 8.85. The van der Waals surface area contributed by atoms with E-state index in [9.17, 15) is 15.0 Å². The summed E-state index contributed by atoms with van der Waals surface area (Å²) in [4.78, 5) is 13.1. The smallest absolute Gasteiger partial charge is 0.343 e. The van der Waals surface area contributed by atoms with E-state index in [-0.39, 0.29) is 17.7 Å². The van der Waals surface area contributed by atoms with Crippen LogP contribution in [0, 0.1) is 0 Å². The van der Waals surface area contributed by atoms with Crippen LogP contribution in [-0.4, -0.2) is 20.6 Å². The van der Waals surface area contributed by atoms with Crippen molar-refractivity contribution < 1.29 is 14.6 Å². The highest BCUT2D eigenvalue weighted by atomic mass is 79.9. The van der Waals surface area contributed by atoms with Crippen molar-refractivity contribution in [3.8, 4) is 5.75 Å². The molecule has 3 aromatic carbocycles. The van der Waals surface area contributed by atoms with Crippen LogP contribution in [0.15, 0.2) is 112 Å². The number of hydrogen-bond donors (Lipinski definition) is 2. The lowest BCUT2D eigenvalue weighted by Crippen LogP contribution is -2.37. The number of halogens is 1. The molecule has 5 rings (SSSR count). The maximum atomic E-state index is 13.1. The Morgan fingerprint density at radius 2 is 1.60 bits per heavy atom. The normalized spacial score (nSPS) is 19.3. The van der Waals surface area contributed by atoms with Gasteiger partial charge < -0.3 is 14.6 Å². The van der Waals surface area contributed by atoms with Crippen molar-refractivity contribution in [3.05, 3.63) is 130 Å². The van der Waals surface area contributed by atoms with Gasteiger partial charge in [0.1, 0.15) is 11.3 Å². The highest BCUT2D eigenvalue weighted by Crippen LogP contribution is 2.42. The fourth-order valence-electron chi connectivity index (χ4n) is 4.70. The molecule has 176 valence electrons. The fourth-order valence-corrected chi connectivity index (χ4v) is 5.18. The third-order valence-corrected chi connectivity index (χ3v) is 7.78. The Morgan fingerprint density at radius 1 is 0.943 bits per heavy atom. The molecule has 5 heteroatoms. The van der Waals surface area contributed by atoms with Gasteiger partial charge in [-0.05, 0) is 41.7 Å². The Bertz CT molecular complexity index is 1460. The Kier molecular flexibility index (Phi) is 6.46. The maximum absolute atomic E-state index is 13.1. The van der Waals surface area contributed by atoms with Crippen molar-refractivity contribution in [3.63, 3.8) is 0 Å². The van der Waals surface area contributed by atoms with Gasteiger partial charge in [-0.3, -0.25) is 0 Å². The van der Waals surface area contributed by atoms with Gasteiger partial charge in [0.05, 0.1) is 21.4 Å². The number of aliphatic hydroxyl groups excluding tert-OH is 1. The van der Waals surface area contributed by atoms with Gasteiger partial charge in [0.15, 0.2) is 0 Å². The quantitative estimate of drug-likeness (QED) is 0.219. The van der Waals surface area contributed by atoms with E-state index >= 15 is 0 Å². The molecule has 0 spiro atoms. The highest BCUT2D eigenvalue weighted by Gasteiger charge is 2.37. The number of fused-ring (bicyclic) bond motifs is 1. The molecule has 0 amide bonds. The number of rotatable bonds is 6. The molecule has 3 atom stereocenters. The van der Waals surface area contributed by atoms with E-state index in [2.05, 4.69) is 34.1 Å². The second-order valence-corrected chi connectivity index (χ2v) is 10.3. The molecule has 4 nitrogen and oxygen atoms in total. The molecule has 0 aliphatic heterocycles. The van der Waals surface area contributed by atoms with Crippen molar-refractivity contribution in [2.75, 3.05) is 0 Å². The summed E-state index contributed by atoms with van der Waals surface area (Å²) in [5.41, 5.74) is 2.92. The molecule has 1 aromatic heterocycles. The first kappa shape index (κ1) is 23.3. The second kappa shape index (κ2) is 9.68. The summed E-state index contributed by atoms with van der Waals surface area (Å²) in [7, 11) is 0. The number of benzene rings is 3. The predicted molar refractivity (Wildman–Crippen MR) is 143 cm³/mol. The van der Waals surface area contributed by atoms with Gasteiger partial charge in [0.25, 0.3) is 0 Å². The summed E-state index contributed by atoms with van der Waals surface area (Å²) in [6, 6.07) is 26.5. The zero-order valence-electron chi connectivity index (χ0n) is 19.0. The maximum Gasteiger partial charge on any atom is 0.343 e. The van der Waals surface area contributed by atoms with Gasteiger partial charge in [-0.25, -0.2) is 4.79 Å². The minimum absolute atomic E-state index is 0.105. The van der Waals surface area contributed by atoms with E-state index in [1.165, 1.54) is 0 Å². The summed E-state index contributed by atoms with van der Waals surface area (Å²) in [6.07, 6.45) is 6.04. The number of hydrogen-bond acceptors (Lipinski definition) is 4. The average molecular weight is 529 g/mol. The number of alkyl halides is 1. The number of para-hydroxylation sites is 1. The molecular weight excluding hydrogens is 504 g/mol. The van der Waals surface area contributed by atoms with Gasteiger partial charge in [0, 0.05) is 5.92 Å². The molecule has 1 aliphatic carbocycles. The van der Waals surface area contributed by atoms with Gasteiger partial charge in [0.2, 0.25) is 0 Å². The van der Waals surface area contributed by atoms with E-state index < -0.39 is 22.0 Å². The molecular formula is C30H25BrO4. The summed E-state index contributed by atoms with van der Waals surface area (Å²) in [5.74, 6) is -0.665. The third-order valence-electron chi connectivity index (χ3n) is 6.67. The number of allylic oxidation sites excluding steroid dienone is 3. The van der Waals surface area contributed by atoms with Gasteiger partial charge >= 0.3 is 5.63 Å². The SMILES string of the molecule is O=c1oc2ccccc2c(O)c1C(CC(O)C1(Br)C=CC(c2ccccc2)=CC1)c1ccccc1. The largest absolute Gasteiger partial charge is 0.507 e. The summed E-state index contributed by atoms with van der Waals surface area (Å²) < 4.78 is 4.86. The van der Waals surface area contributed by atoms with Crippen LogP contribution in [0.5, 0.6) is 5.75 Å². The van der Waals surface area contributed by atoms with Crippen LogP contribution in [0.25, 0.3) is 16.5 Å². The van der Waals surface area contributed by atoms with Gasteiger partial charge in [-0.1, -0.05) is 107 Å². The predicted octanol–water partition coefficient (Wildman–Crippen LogP) is 6.56. The Balaban J connectivity index is 1.50. The first-order valence-corrected chi connectivity index (χ1v) is 12.4. The van der Waals surface area contributed by atoms with Crippen LogP contribution in [0.1, 0.15) is 35.4 Å². The Morgan fingerprint density at radius 3 is 2.29 bits per heavy atom. The van der Waals surface area contributed by atoms with Crippen molar-refractivity contribution >= 4 is 32.5 Å². The van der Waals surface area contributed by atoms with Crippen LogP contribution in [-0.2, 0) is 0 Å². The summed E-state index contributed by atoms with van der Waals surface area (Å²) in [6.45, 7) is 0. The first-order valence-electron chi connectivity index (χ1n) is 11.6. The van der Waals surface area contributed by atoms with Crippen LogP contribution >= 0.6 is 15.9 Å². The van der Waals surface area contributed by atoms with E-state index in [1.807, 2.05) is 60.7 Å². The van der Waals surface area contributed by atoms with E-state index in [0.717, 1.165) is 16.7 Å². The molecule has 4 aromatic rings. The molecule has 0 saturated carbocycles. The van der Waals surface area contributed by atoms with Crippen LogP contribution in [0.4, 0.5) is 0 Å². The number of aliphatic hydroxyl groups is 1. The standard InChI is InChI=1S/C30H25BrO4/c31-30(17-15-21(16-18-30)20-9-3-1-4-10-20)26(32)19-24(22-11-5-2-6-12-22)27-28(33)23-13-7-8-14-25(23)35-29(27)34/h1-17,24,26,32-33H,18-19H2. The first-order chi connectivity index (χ1) is 17.0. The monoisotopic (exact) mass is 528 g/mol.